The first kappa shape index (κ1) is 17.8. The molecule has 0 bridgehead atoms. The number of ether oxygens (including phenoxy) is 2. The highest BCUT2D eigenvalue weighted by Gasteiger charge is 2.11. The molecule has 0 unspecified atom stereocenters. The summed E-state index contributed by atoms with van der Waals surface area (Å²) in [5.41, 5.74) is 1.13. The lowest BCUT2D eigenvalue weighted by molar-refractivity contribution is 0.0694. The molecule has 128 valence electrons. The summed E-state index contributed by atoms with van der Waals surface area (Å²) in [6, 6.07) is 14.6. The molecule has 0 aliphatic carbocycles. The molecule has 0 saturated heterocycles. The third kappa shape index (κ3) is 4.99. The van der Waals surface area contributed by atoms with Gasteiger partial charge in [-0.2, -0.15) is 0 Å². The predicted molar refractivity (Wildman–Crippen MR) is 92.8 cm³/mol. The summed E-state index contributed by atoms with van der Waals surface area (Å²) in [5, 5.41) is 9.23. The first-order valence-corrected chi connectivity index (χ1v) is 7.96. The van der Waals surface area contributed by atoms with Crippen LogP contribution in [0.2, 0.25) is 0 Å². The van der Waals surface area contributed by atoms with Gasteiger partial charge in [-0.1, -0.05) is 30.3 Å². The Morgan fingerprint density at radius 2 is 1.67 bits per heavy atom. The van der Waals surface area contributed by atoms with Crippen molar-refractivity contribution >= 4 is 5.97 Å². The highest BCUT2D eigenvalue weighted by Crippen LogP contribution is 2.26. The lowest BCUT2D eigenvalue weighted by Gasteiger charge is -2.19. The molecule has 0 heterocycles. The number of aromatic carboxylic acids is 1. The SMILES string of the molecule is CCOc1ccccc1OCCN(C)Cc1ccccc1C(=O)O. The molecule has 0 aliphatic rings. The molecule has 5 heteroatoms. The molecule has 0 saturated carbocycles. The van der Waals surface area contributed by atoms with Crippen LogP contribution in [0.15, 0.2) is 48.5 Å². The van der Waals surface area contributed by atoms with Crippen LogP contribution in [-0.4, -0.2) is 42.8 Å². The average molecular weight is 329 g/mol. The molecule has 2 aromatic rings. The van der Waals surface area contributed by atoms with Crippen molar-refractivity contribution in [2.45, 2.75) is 13.5 Å². The fourth-order valence-corrected chi connectivity index (χ4v) is 2.39. The molecular formula is C19H23NO4. The van der Waals surface area contributed by atoms with Crippen LogP contribution in [0.3, 0.4) is 0 Å². The van der Waals surface area contributed by atoms with E-state index in [0.29, 0.717) is 31.9 Å². The Labute approximate surface area is 142 Å². The van der Waals surface area contributed by atoms with Gasteiger partial charge in [0, 0.05) is 13.1 Å². The van der Waals surface area contributed by atoms with E-state index < -0.39 is 5.97 Å². The molecule has 0 atom stereocenters. The van der Waals surface area contributed by atoms with Crippen LogP contribution >= 0.6 is 0 Å². The van der Waals surface area contributed by atoms with Gasteiger partial charge in [0.15, 0.2) is 11.5 Å². The first-order valence-electron chi connectivity index (χ1n) is 7.96. The predicted octanol–water partition coefficient (Wildman–Crippen LogP) is 3.29. The van der Waals surface area contributed by atoms with Crippen molar-refractivity contribution in [3.8, 4) is 11.5 Å². The van der Waals surface area contributed by atoms with E-state index in [1.165, 1.54) is 0 Å². The van der Waals surface area contributed by atoms with Crippen LogP contribution in [0.1, 0.15) is 22.8 Å². The van der Waals surface area contributed by atoms with E-state index >= 15 is 0 Å². The largest absolute Gasteiger partial charge is 0.490 e. The van der Waals surface area contributed by atoms with Gasteiger partial charge in [0.1, 0.15) is 6.61 Å². The summed E-state index contributed by atoms with van der Waals surface area (Å²) in [7, 11) is 1.94. The number of carboxylic acids is 1. The summed E-state index contributed by atoms with van der Waals surface area (Å²) in [6.45, 7) is 4.25. The minimum atomic E-state index is -0.902. The molecule has 0 fully saturated rings. The molecule has 2 rings (SSSR count). The molecule has 1 N–H and O–H groups in total. The quantitative estimate of drug-likeness (QED) is 0.765. The number of benzene rings is 2. The zero-order valence-electron chi connectivity index (χ0n) is 14.1. The number of carboxylic acid groups (broad SMARTS) is 1. The number of carbonyl (C=O) groups is 1. The van der Waals surface area contributed by atoms with Gasteiger partial charge in [-0.05, 0) is 37.7 Å². The Balaban J connectivity index is 1.88. The maximum absolute atomic E-state index is 11.2. The Morgan fingerprint density at radius 3 is 2.33 bits per heavy atom. The molecule has 5 nitrogen and oxygen atoms in total. The molecule has 24 heavy (non-hydrogen) atoms. The maximum atomic E-state index is 11.2. The molecule has 0 spiro atoms. The van der Waals surface area contributed by atoms with Crippen LogP contribution in [0.25, 0.3) is 0 Å². The van der Waals surface area contributed by atoms with E-state index in [2.05, 4.69) is 0 Å². The van der Waals surface area contributed by atoms with Crippen LogP contribution in [0.4, 0.5) is 0 Å². The van der Waals surface area contributed by atoms with Gasteiger partial charge in [0.2, 0.25) is 0 Å². The second kappa shape index (κ2) is 8.93. The van der Waals surface area contributed by atoms with E-state index in [1.807, 2.05) is 55.3 Å². The highest BCUT2D eigenvalue weighted by molar-refractivity contribution is 5.89. The summed E-state index contributed by atoms with van der Waals surface area (Å²) >= 11 is 0. The fourth-order valence-electron chi connectivity index (χ4n) is 2.39. The summed E-state index contributed by atoms with van der Waals surface area (Å²) in [6.07, 6.45) is 0. The number of hydrogen-bond donors (Lipinski definition) is 1. The van der Waals surface area contributed by atoms with Crippen LogP contribution < -0.4 is 9.47 Å². The normalized spacial score (nSPS) is 10.6. The Hall–Kier alpha value is -2.53. The van der Waals surface area contributed by atoms with Gasteiger partial charge in [0.05, 0.1) is 12.2 Å². The Kier molecular flexibility index (Phi) is 6.63. The van der Waals surface area contributed by atoms with Gasteiger partial charge in [-0.25, -0.2) is 4.79 Å². The second-order valence-electron chi connectivity index (χ2n) is 5.43. The van der Waals surface area contributed by atoms with Crippen molar-refractivity contribution in [2.24, 2.45) is 0 Å². The van der Waals surface area contributed by atoms with E-state index in [9.17, 15) is 9.90 Å². The molecule has 2 aromatic carbocycles. The lowest BCUT2D eigenvalue weighted by Crippen LogP contribution is -2.25. The zero-order valence-corrected chi connectivity index (χ0v) is 14.1. The zero-order chi connectivity index (χ0) is 17.4. The minimum absolute atomic E-state index is 0.340. The van der Waals surface area contributed by atoms with Crippen molar-refractivity contribution in [3.63, 3.8) is 0 Å². The average Bonchev–Trinajstić information content (AvgIpc) is 2.57. The number of likely N-dealkylation sites (N-methyl/N-ethyl adjacent to an activating group) is 1. The monoisotopic (exact) mass is 329 g/mol. The standard InChI is InChI=1S/C19H23NO4/c1-3-23-17-10-6-7-11-18(17)24-13-12-20(2)14-15-8-4-5-9-16(15)19(21)22/h4-11H,3,12-14H2,1-2H3,(H,21,22). The first-order chi connectivity index (χ1) is 11.6. The van der Waals surface area contributed by atoms with Crippen LogP contribution in [-0.2, 0) is 6.54 Å². The van der Waals surface area contributed by atoms with Crippen LogP contribution in [0.5, 0.6) is 11.5 Å². The number of hydrogen-bond acceptors (Lipinski definition) is 4. The lowest BCUT2D eigenvalue weighted by atomic mass is 10.1. The second-order valence-corrected chi connectivity index (χ2v) is 5.43. The number of para-hydroxylation sites is 2. The Bertz CT molecular complexity index is 672. The third-order valence-corrected chi connectivity index (χ3v) is 3.57. The summed E-state index contributed by atoms with van der Waals surface area (Å²) in [4.78, 5) is 13.3. The smallest absolute Gasteiger partial charge is 0.336 e. The van der Waals surface area contributed by atoms with Gasteiger partial charge in [-0.3, -0.25) is 4.90 Å². The third-order valence-electron chi connectivity index (χ3n) is 3.57. The number of nitrogens with zero attached hydrogens (tertiary/aromatic N) is 1. The number of rotatable bonds is 9. The fraction of sp³-hybridized carbons (Fsp3) is 0.316. The molecule has 0 aromatic heterocycles. The van der Waals surface area contributed by atoms with Gasteiger partial charge < -0.3 is 14.6 Å². The molecule has 0 aliphatic heterocycles. The van der Waals surface area contributed by atoms with E-state index in [-0.39, 0.29) is 0 Å². The van der Waals surface area contributed by atoms with Crippen LogP contribution in [0, 0.1) is 0 Å². The van der Waals surface area contributed by atoms with Crippen molar-refractivity contribution in [1.29, 1.82) is 0 Å². The van der Waals surface area contributed by atoms with E-state index in [1.54, 1.807) is 12.1 Å². The molecule has 0 radical (unpaired) electrons. The molecular weight excluding hydrogens is 306 g/mol. The summed E-state index contributed by atoms with van der Waals surface area (Å²) < 4.78 is 11.3. The van der Waals surface area contributed by atoms with Crippen molar-refractivity contribution in [3.05, 3.63) is 59.7 Å². The highest BCUT2D eigenvalue weighted by atomic mass is 16.5. The van der Waals surface area contributed by atoms with Crippen molar-refractivity contribution in [2.75, 3.05) is 26.8 Å². The van der Waals surface area contributed by atoms with E-state index in [0.717, 1.165) is 17.1 Å². The topological polar surface area (TPSA) is 59.0 Å². The van der Waals surface area contributed by atoms with Gasteiger partial charge in [0.25, 0.3) is 0 Å². The van der Waals surface area contributed by atoms with Crippen molar-refractivity contribution < 1.29 is 19.4 Å². The van der Waals surface area contributed by atoms with E-state index in [4.69, 9.17) is 9.47 Å². The molecule has 0 amide bonds. The minimum Gasteiger partial charge on any atom is -0.490 e. The summed E-state index contributed by atoms with van der Waals surface area (Å²) in [5.74, 6) is 0.554. The van der Waals surface area contributed by atoms with Gasteiger partial charge >= 0.3 is 5.97 Å². The maximum Gasteiger partial charge on any atom is 0.336 e. The van der Waals surface area contributed by atoms with Gasteiger partial charge in [-0.15, -0.1) is 0 Å². The van der Waals surface area contributed by atoms with Crippen molar-refractivity contribution in [1.82, 2.24) is 4.90 Å². The Morgan fingerprint density at radius 1 is 1.04 bits per heavy atom.